The number of carbonyl (C=O) groups excluding carboxylic acids is 1. The minimum absolute atomic E-state index is 0.0685. The third-order valence-corrected chi connectivity index (χ3v) is 7.32. The number of thioether (sulfide) groups is 1. The lowest BCUT2D eigenvalue weighted by Crippen LogP contribution is -2.37. The molecule has 174 valence electrons. The summed E-state index contributed by atoms with van der Waals surface area (Å²) < 4.78 is 13.5. The number of hydrogen-bond donors (Lipinski definition) is 2. The number of allylic oxidation sites excluding steroid dienone is 2. The highest BCUT2D eigenvalue weighted by atomic mass is 32.2. The van der Waals surface area contributed by atoms with Crippen molar-refractivity contribution in [3.8, 4) is 0 Å². The highest BCUT2D eigenvalue weighted by molar-refractivity contribution is 7.98. The van der Waals surface area contributed by atoms with Crippen LogP contribution in [-0.2, 0) is 10.5 Å². The quantitative estimate of drug-likeness (QED) is 0.373. The van der Waals surface area contributed by atoms with Crippen LogP contribution in [0, 0.1) is 18.2 Å². The largest absolute Gasteiger partial charge is 0.343 e. The summed E-state index contributed by atoms with van der Waals surface area (Å²) in [7, 11) is 0. The van der Waals surface area contributed by atoms with Crippen LogP contribution in [0.3, 0.4) is 0 Å². The smallest absolute Gasteiger partial charge is 0.257 e. The molecule has 0 unspecified atom stereocenters. The first-order valence-corrected chi connectivity index (χ1v) is 12.3. The second kappa shape index (κ2) is 8.55. The first-order valence-electron chi connectivity index (χ1n) is 11.3. The predicted octanol–water partition coefficient (Wildman–Crippen LogP) is 5.71. The van der Waals surface area contributed by atoms with Gasteiger partial charge in [0.15, 0.2) is 10.9 Å². The molecule has 34 heavy (non-hydrogen) atoms. The number of halogens is 1. The van der Waals surface area contributed by atoms with Crippen LogP contribution in [0.15, 0.2) is 69.8 Å². The Morgan fingerprint density at radius 2 is 1.88 bits per heavy atom. The lowest BCUT2D eigenvalue weighted by atomic mass is 9.69. The molecule has 1 aliphatic heterocycles. The number of nitrogens with zero attached hydrogens (tertiary/aromatic N) is 1. The third-order valence-electron chi connectivity index (χ3n) is 6.38. The van der Waals surface area contributed by atoms with Crippen molar-refractivity contribution < 1.29 is 9.18 Å². The molecule has 0 radical (unpaired) electrons. The summed E-state index contributed by atoms with van der Waals surface area (Å²) in [4.78, 5) is 34.3. The molecule has 0 fully saturated rings. The minimum atomic E-state index is -0.464. The number of anilines is 1. The van der Waals surface area contributed by atoms with Crippen molar-refractivity contribution in [3.63, 3.8) is 0 Å². The second-order valence-electron chi connectivity index (χ2n) is 9.85. The second-order valence-corrected chi connectivity index (χ2v) is 10.8. The predicted molar refractivity (Wildman–Crippen MR) is 133 cm³/mol. The van der Waals surface area contributed by atoms with Crippen LogP contribution in [0.2, 0.25) is 0 Å². The molecule has 0 spiro atoms. The van der Waals surface area contributed by atoms with Crippen LogP contribution in [0.25, 0.3) is 0 Å². The summed E-state index contributed by atoms with van der Waals surface area (Å²) in [5.41, 5.74) is 4.36. The van der Waals surface area contributed by atoms with Gasteiger partial charge in [-0.3, -0.25) is 9.59 Å². The Bertz CT molecular complexity index is 1380. The Morgan fingerprint density at radius 3 is 2.62 bits per heavy atom. The summed E-state index contributed by atoms with van der Waals surface area (Å²) in [6, 6.07) is 14.3. The van der Waals surface area contributed by atoms with Gasteiger partial charge >= 0.3 is 0 Å². The Balaban J connectivity index is 1.58. The zero-order valence-electron chi connectivity index (χ0n) is 19.4. The molecule has 3 aromatic rings. The van der Waals surface area contributed by atoms with Crippen LogP contribution in [0.5, 0.6) is 0 Å². The monoisotopic (exact) mass is 475 g/mol. The van der Waals surface area contributed by atoms with E-state index in [1.54, 1.807) is 6.07 Å². The molecule has 0 saturated carbocycles. The Kier molecular flexibility index (Phi) is 5.68. The lowest BCUT2D eigenvalue weighted by Gasteiger charge is -2.38. The number of carbonyl (C=O) groups is 1. The van der Waals surface area contributed by atoms with Crippen molar-refractivity contribution in [1.82, 2.24) is 9.97 Å². The number of benzene rings is 2. The number of aromatic nitrogens is 2. The topological polar surface area (TPSA) is 74.8 Å². The number of Topliss-reactive ketones (excluding diaryl/α,β-unsaturated/α-hetero) is 1. The van der Waals surface area contributed by atoms with E-state index in [4.69, 9.17) is 4.98 Å². The molecule has 1 aromatic heterocycles. The summed E-state index contributed by atoms with van der Waals surface area (Å²) in [6.07, 6.45) is 1.15. The van der Waals surface area contributed by atoms with Crippen molar-refractivity contribution in [2.45, 2.75) is 50.4 Å². The molecule has 0 saturated heterocycles. The SMILES string of the molecule is Cc1ccc([C@@H]2C3=C(CC(C)(C)CC3=O)Nc3nc(SCc4cccc(F)c4)[nH]c(=O)c32)cc1. The zero-order valence-corrected chi connectivity index (χ0v) is 20.2. The molecule has 2 aliphatic rings. The maximum Gasteiger partial charge on any atom is 0.257 e. The van der Waals surface area contributed by atoms with E-state index in [-0.39, 0.29) is 22.6 Å². The first-order chi connectivity index (χ1) is 16.2. The molecular formula is C27H26FN3O2S. The molecule has 2 heterocycles. The van der Waals surface area contributed by atoms with Crippen LogP contribution in [-0.4, -0.2) is 15.8 Å². The highest BCUT2D eigenvalue weighted by Gasteiger charge is 2.42. The first kappa shape index (κ1) is 22.6. The van der Waals surface area contributed by atoms with Gasteiger partial charge in [0.25, 0.3) is 5.56 Å². The van der Waals surface area contributed by atoms with E-state index in [1.807, 2.05) is 37.3 Å². The van der Waals surface area contributed by atoms with E-state index < -0.39 is 5.92 Å². The van der Waals surface area contributed by atoms with Gasteiger partial charge in [-0.05, 0) is 42.0 Å². The normalized spacial score (nSPS) is 18.8. The molecule has 5 nitrogen and oxygen atoms in total. The third kappa shape index (κ3) is 4.32. The van der Waals surface area contributed by atoms with Gasteiger partial charge in [-0.15, -0.1) is 0 Å². The Morgan fingerprint density at radius 1 is 1.12 bits per heavy atom. The fourth-order valence-corrected chi connectivity index (χ4v) is 5.64. The summed E-state index contributed by atoms with van der Waals surface area (Å²) >= 11 is 1.34. The van der Waals surface area contributed by atoms with Gasteiger partial charge in [0.05, 0.1) is 5.56 Å². The van der Waals surface area contributed by atoms with E-state index >= 15 is 0 Å². The van der Waals surface area contributed by atoms with Gasteiger partial charge < -0.3 is 10.3 Å². The van der Waals surface area contributed by atoms with Crippen LogP contribution in [0.4, 0.5) is 10.2 Å². The number of ketones is 1. The van der Waals surface area contributed by atoms with E-state index in [1.165, 1.54) is 23.9 Å². The zero-order chi connectivity index (χ0) is 24.0. The fourth-order valence-electron chi connectivity index (χ4n) is 4.83. The van der Waals surface area contributed by atoms with E-state index in [2.05, 4.69) is 24.1 Å². The summed E-state index contributed by atoms with van der Waals surface area (Å²) in [5.74, 6) is 0.269. The van der Waals surface area contributed by atoms with Crippen molar-refractivity contribution in [3.05, 3.63) is 98.2 Å². The average molecular weight is 476 g/mol. The standard InChI is InChI=1S/C27H26FN3O2S/c1-15-7-9-17(10-8-15)21-22-19(12-27(2,3)13-20(22)32)29-24-23(21)25(33)31-26(30-24)34-14-16-5-4-6-18(28)11-16/h4-11,21H,12-14H2,1-3H3,(H2,29,30,31,33)/t21-/m1/s1. The van der Waals surface area contributed by atoms with Gasteiger partial charge in [-0.1, -0.05) is 67.6 Å². The van der Waals surface area contributed by atoms with Crippen molar-refractivity contribution in [2.75, 3.05) is 5.32 Å². The Hall–Kier alpha value is -3.19. The highest BCUT2D eigenvalue weighted by Crippen LogP contribution is 2.47. The number of H-pyrrole nitrogens is 1. The summed E-state index contributed by atoms with van der Waals surface area (Å²) in [6.45, 7) is 6.17. The van der Waals surface area contributed by atoms with Gasteiger partial charge in [-0.2, -0.15) is 0 Å². The molecule has 7 heteroatoms. The summed E-state index contributed by atoms with van der Waals surface area (Å²) in [5, 5.41) is 3.79. The molecular weight excluding hydrogens is 449 g/mol. The van der Waals surface area contributed by atoms with Crippen LogP contribution >= 0.6 is 11.8 Å². The molecule has 2 aromatic carbocycles. The number of fused-ring (bicyclic) bond motifs is 1. The molecule has 5 rings (SSSR count). The number of hydrogen-bond acceptors (Lipinski definition) is 5. The van der Waals surface area contributed by atoms with E-state index in [0.29, 0.717) is 40.7 Å². The number of nitrogens with one attached hydrogen (secondary N) is 2. The minimum Gasteiger partial charge on any atom is -0.343 e. The molecule has 2 N–H and O–H groups in total. The van der Waals surface area contributed by atoms with Crippen LogP contribution in [0.1, 0.15) is 54.9 Å². The molecule has 1 atom stereocenters. The van der Waals surface area contributed by atoms with E-state index in [9.17, 15) is 14.0 Å². The van der Waals surface area contributed by atoms with Crippen molar-refractivity contribution in [2.24, 2.45) is 5.41 Å². The maximum absolute atomic E-state index is 13.5. The van der Waals surface area contributed by atoms with Crippen LogP contribution < -0.4 is 10.9 Å². The number of aromatic amines is 1. The lowest BCUT2D eigenvalue weighted by molar-refractivity contribution is -0.118. The number of rotatable bonds is 4. The van der Waals surface area contributed by atoms with Gasteiger partial charge in [0.1, 0.15) is 11.6 Å². The maximum atomic E-state index is 13.5. The van der Waals surface area contributed by atoms with Crippen molar-refractivity contribution >= 4 is 23.4 Å². The average Bonchev–Trinajstić information content (AvgIpc) is 2.76. The molecule has 1 aliphatic carbocycles. The van der Waals surface area contributed by atoms with Gasteiger partial charge in [0.2, 0.25) is 0 Å². The van der Waals surface area contributed by atoms with Gasteiger partial charge in [0, 0.05) is 29.4 Å². The Labute approximate surface area is 201 Å². The molecule has 0 amide bonds. The van der Waals surface area contributed by atoms with Gasteiger partial charge in [-0.25, -0.2) is 9.37 Å². The molecule has 0 bridgehead atoms. The number of aryl methyl sites for hydroxylation is 1. The fraction of sp³-hybridized carbons (Fsp3) is 0.296. The van der Waals surface area contributed by atoms with E-state index in [0.717, 1.165) is 22.4 Å². The van der Waals surface area contributed by atoms with Crippen molar-refractivity contribution in [1.29, 1.82) is 0 Å².